The van der Waals surface area contributed by atoms with Gasteiger partial charge in [-0.25, -0.2) is 4.98 Å². The van der Waals surface area contributed by atoms with E-state index in [1.807, 2.05) is 48.7 Å². The summed E-state index contributed by atoms with van der Waals surface area (Å²) in [6.07, 6.45) is 1.67. The van der Waals surface area contributed by atoms with E-state index in [4.69, 9.17) is 0 Å². The number of aromatic nitrogens is 4. The van der Waals surface area contributed by atoms with Crippen LogP contribution in [0.1, 0.15) is 16.0 Å². The normalized spacial score (nSPS) is 11.5. The van der Waals surface area contributed by atoms with Crippen molar-refractivity contribution in [2.75, 3.05) is 0 Å². The SMILES string of the molecule is Cc1sc2nc3n(Cc4ccccc4)cnn3c(=O)c2c1C. The lowest BCUT2D eigenvalue weighted by Gasteiger charge is -2.03. The molecule has 0 spiro atoms. The molecule has 3 heterocycles. The standard InChI is InChI=1S/C16H14N4OS/c1-10-11(2)22-14-13(10)15(21)20-16(18-14)19(9-17-20)8-12-6-4-3-5-7-12/h3-7,9H,8H2,1-2H3. The van der Waals surface area contributed by atoms with E-state index in [-0.39, 0.29) is 5.56 Å². The minimum absolute atomic E-state index is 0.0892. The smallest absolute Gasteiger partial charge is 0.284 e. The third-order valence-electron chi connectivity index (χ3n) is 3.92. The van der Waals surface area contributed by atoms with Crippen molar-refractivity contribution in [1.29, 1.82) is 0 Å². The summed E-state index contributed by atoms with van der Waals surface area (Å²) >= 11 is 1.56. The zero-order chi connectivity index (χ0) is 15.3. The molecule has 0 aliphatic carbocycles. The lowest BCUT2D eigenvalue weighted by atomic mass is 10.2. The molecule has 0 bridgehead atoms. The Morgan fingerprint density at radius 3 is 2.73 bits per heavy atom. The van der Waals surface area contributed by atoms with Crippen LogP contribution in [0.3, 0.4) is 0 Å². The molecule has 4 aromatic rings. The highest BCUT2D eigenvalue weighted by Gasteiger charge is 2.15. The van der Waals surface area contributed by atoms with E-state index in [2.05, 4.69) is 10.1 Å². The summed E-state index contributed by atoms with van der Waals surface area (Å²) in [7, 11) is 0. The maximum absolute atomic E-state index is 12.6. The summed E-state index contributed by atoms with van der Waals surface area (Å²) in [5, 5.41) is 4.91. The fourth-order valence-electron chi connectivity index (χ4n) is 2.62. The average Bonchev–Trinajstić information content (AvgIpc) is 3.03. The minimum Gasteiger partial charge on any atom is -0.295 e. The molecule has 0 unspecified atom stereocenters. The molecule has 5 nitrogen and oxygen atoms in total. The van der Waals surface area contributed by atoms with Gasteiger partial charge < -0.3 is 0 Å². The van der Waals surface area contributed by atoms with Crippen molar-refractivity contribution >= 4 is 27.3 Å². The van der Waals surface area contributed by atoms with Gasteiger partial charge in [-0.2, -0.15) is 9.61 Å². The lowest BCUT2D eigenvalue weighted by molar-refractivity contribution is 0.813. The quantitative estimate of drug-likeness (QED) is 0.572. The number of fused-ring (bicyclic) bond motifs is 2. The van der Waals surface area contributed by atoms with E-state index in [1.54, 1.807) is 17.7 Å². The van der Waals surface area contributed by atoms with Gasteiger partial charge in [-0.3, -0.25) is 9.36 Å². The van der Waals surface area contributed by atoms with Crippen LogP contribution in [-0.4, -0.2) is 19.2 Å². The van der Waals surface area contributed by atoms with Gasteiger partial charge >= 0.3 is 0 Å². The predicted octanol–water partition coefficient (Wildman–Crippen LogP) is 2.77. The van der Waals surface area contributed by atoms with Gasteiger partial charge in [0.05, 0.1) is 11.9 Å². The fourth-order valence-corrected chi connectivity index (χ4v) is 3.64. The Balaban J connectivity index is 1.95. The molecule has 0 aliphatic heterocycles. The Morgan fingerprint density at radius 1 is 1.18 bits per heavy atom. The number of hydrogen-bond donors (Lipinski definition) is 0. The molecular weight excluding hydrogens is 296 g/mol. The second-order valence-electron chi connectivity index (χ2n) is 5.34. The zero-order valence-electron chi connectivity index (χ0n) is 12.3. The number of hydrogen-bond acceptors (Lipinski definition) is 4. The summed E-state index contributed by atoms with van der Waals surface area (Å²) in [5.74, 6) is 0.586. The summed E-state index contributed by atoms with van der Waals surface area (Å²) in [5.41, 5.74) is 2.06. The van der Waals surface area contributed by atoms with Crippen LogP contribution in [0.25, 0.3) is 16.0 Å². The Hall–Kier alpha value is -2.47. The van der Waals surface area contributed by atoms with E-state index in [1.165, 1.54) is 4.52 Å². The zero-order valence-corrected chi connectivity index (χ0v) is 13.1. The summed E-state index contributed by atoms with van der Waals surface area (Å²) in [6, 6.07) is 10.1. The minimum atomic E-state index is -0.0892. The number of nitrogens with zero attached hydrogens (tertiary/aromatic N) is 4. The van der Waals surface area contributed by atoms with Gasteiger partial charge in [-0.05, 0) is 25.0 Å². The van der Waals surface area contributed by atoms with Crippen LogP contribution in [0.15, 0.2) is 41.5 Å². The third kappa shape index (κ3) is 1.88. The first-order valence-electron chi connectivity index (χ1n) is 7.03. The van der Waals surface area contributed by atoms with Gasteiger partial charge in [0, 0.05) is 4.88 Å². The monoisotopic (exact) mass is 310 g/mol. The van der Waals surface area contributed by atoms with Crippen LogP contribution in [0.4, 0.5) is 0 Å². The predicted molar refractivity (Wildman–Crippen MR) is 87.6 cm³/mol. The summed E-state index contributed by atoms with van der Waals surface area (Å²) < 4.78 is 3.30. The summed E-state index contributed by atoms with van der Waals surface area (Å²) in [6.45, 7) is 4.62. The molecule has 0 saturated carbocycles. The maximum atomic E-state index is 12.6. The Labute approximate surface area is 130 Å². The van der Waals surface area contributed by atoms with Crippen molar-refractivity contribution in [3.8, 4) is 0 Å². The molecule has 0 aliphatic rings. The topological polar surface area (TPSA) is 52.2 Å². The Morgan fingerprint density at radius 2 is 1.95 bits per heavy atom. The van der Waals surface area contributed by atoms with E-state index >= 15 is 0 Å². The molecule has 22 heavy (non-hydrogen) atoms. The molecule has 0 saturated heterocycles. The largest absolute Gasteiger partial charge is 0.295 e. The van der Waals surface area contributed by atoms with Crippen LogP contribution in [0.2, 0.25) is 0 Å². The highest BCUT2D eigenvalue weighted by molar-refractivity contribution is 7.18. The molecular formula is C16H14N4OS. The van der Waals surface area contributed by atoms with E-state index in [0.717, 1.165) is 20.8 Å². The van der Waals surface area contributed by atoms with Crippen molar-refractivity contribution < 1.29 is 0 Å². The number of rotatable bonds is 2. The van der Waals surface area contributed by atoms with Gasteiger partial charge in [0.15, 0.2) is 0 Å². The molecule has 0 amide bonds. The van der Waals surface area contributed by atoms with Gasteiger partial charge in [-0.15, -0.1) is 11.3 Å². The van der Waals surface area contributed by atoms with E-state index < -0.39 is 0 Å². The summed E-state index contributed by atoms with van der Waals surface area (Å²) in [4.78, 5) is 19.2. The van der Waals surface area contributed by atoms with E-state index in [0.29, 0.717) is 17.7 Å². The molecule has 0 radical (unpaired) electrons. The molecule has 3 aromatic heterocycles. The van der Waals surface area contributed by atoms with Gasteiger partial charge in [0.25, 0.3) is 5.56 Å². The van der Waals surface area contributed by atoms with Gasteiger partial charge in [0.1, 0.15) is 11.2 Å². The number of benzene rings is 1. The second kappa shape index (κ2) is 4.78. The van der Waals surface area contributed by atoms with Gasteiger partial charge in [0.2, 0.25) is 5.78 Å². The van der Waals surface area contributed by atoms with Crippen molar-refractivity contribution in [3.05, 3.63) is 63.0 Å². The number of aryl methyl sites for hydroxylation is 2. The van der Waals surface area contributed by atoms with Crippen LogP contribution in [0, 0.1) is 13.8 Å². The maximum Gasteiger partial charge on any atom is 0.284 e. The Kier molecular flexibility index (Phi) is 2.87. The average molecular weight is 310 g/mol. The highest BCUT2D eigenvalue weighted by Crippen LogP contribution is 2.26. The third-order valence-corrected chi connectivity index (χ3v) is 5.02. The van der Waals surface area contributed by atoms with Crippen LogP contribution >= 0.6 is 11.3 Å². The molecule has 1 aromatic carbocycles. The molecule has 0 atom stereocenters. The van der Waals surface area contributed by atoms with E-state index in [9.17, 15) is 4.79 Å². The van der Waals surface area contributed by atoms with Crippen LogP contribution < -0.4 is 5.56 Å². The fraction of sp³-hybridized carbons (Fsp3) is 0.188. The van der Waals surface area contributed by atoms with Crippen LogP contribution in [-0.2, 0) is 6.54 Å². The van der Waals surface area contributed by atoms with Crippen molar-refractivity contribution in [2.24, 2.45) is 0 Å². The van der Waals surface area contributed by atoms with Crippen molar-refractivity contribution in [2.45, 2.75) is 20.4 Å². The molecule has 0 N–H and O–H groups in total. The van der Waals surface area contributed by atoms with Crippen molar-refractivity contribution in [1.82, 2.24) is 19.2 Å². The molecule has 0 fully saturated rings. The number of thiophene rings is 1. The van der Waals surface area contributed by atoms with Crippen LogP contribution in [0.5, 0.6) is 0 Å². The first-order chi connectivity index (χ1) is 10.6. The molecule has 4 rings (SSSR count). The second-order valence-corrected chi connectivity index (χ2v) is 6.54. The first kappa shape index (κ1) is 13.2. The molecule has 110 valence electrons. The lowest BCUT2D eigenvalue weighted by Crippen LogP contribution is -2.16. The molecule has 6 heteroatoms. The van der Waals surface area contributed by atoms with Crippen molar-refractivity contribution in [3.63, 3.8) is 0 Å². The highest BCUT2D eigenvalue weighted by atomic mass is 32.1. The van der Waals surface area contributed by atoms with Gasteiger partial charge in [-0.1, -0.05) is 30.3 Å². The first-order valence-corrected chi connectivity index (χ1v) is 7.84. The Bertz CT molecular complexity index is 1040.